The highest BCUT2D eigenvalue weighted by Gasteiger charge is 2.16. The van der Waals surface area contributed by atoms with Crippen LogP contribution in [0.15, 0.2) is 41.7 Å². The molecule has 3 rings (SSSR count). The van der Waals surface area contributed by atoms with Gasteiger partial charge in [0, 0.05) is 35.6 Å². The molecule has 3 heterocycles. The topological polar surface area (TPSA) is 108 Å². The smallest absolute Gasteiger partial charge is 0.258 e. The zero-order valence-corrected chi connectivity index (χ0v) is 14.1. The average molecular weight is 346 g/mol. The molecule has 126 valence electrons. The number of sulfonamides is 1. The number of fused-ring (bicyclic) bond motifs is 1. The van der Waals surface area contributed by atoms with Gasteiger partial charge in [-0.25, -0.2) is 23.1 Å². The van der Waals surface area contributed by atoms with E-state index < -0.39 is 16.1 Å². The predicted molar refractivity (Wildman–Crippen MR) is 90.9 cm³/mol. The van der Waals surface area contributed by atoms with E-state index in [-0.39, 0.29) is 11.6 Å². The second kappa shape index (κ2) is 6.31. The van der Waals surface area contributed by atoms with Crippen molar-refractivity contribution in [2.75, 3.05) is 6.54 Å². The van der Waals surface area contributed by atoms with Crippen LogP contribution >= 0.6 is 0 Å². The molecule has 3 aromatic heterocycles. The Morgan fingerprint density at radius 2 is 2.08 bits per heavy atom. The van der Waals surface area contributed by atoms with Gasteiger partial charge in [0.1, 0.15) is 5.65 Å². The lowest BCUT2D eigenvalue weighted by Gasteiger charge is -2.08. The van der Waals surface area contributed by atoms with Crippen molar-refractivity contribution in [2.24, 2.45) is 0 Å². The first-order chi connectivity index (χ1) is 11.4. The van der Waals surface area contributed by atoms with Gasteiger partial charge in [-0.15, -0.1) is 0 Å². The van der Waals surface area contributed by atoms with Gasteiger partial charge in [-0.05, 0) is 43.7 Å². The third kappa shape index (κ3) is 3.30. The Balaban J connectivity index is 1.94. The van der Waals surface area contributed by atoms with Gasteiger partial charge in [-0.2, -0.15) is 0 Å². The van der Waals surface area contributed by atoms with Crippen molar-refractivity contribution in [3.05, 3.63) is 42.4 Å². The van der Waals surface area contributed by atoms with Crippen molar-refractivity contribution < 1.29 is 13.5 Å². The number of hydrogen-bond donors (Lipinski definition) is 3. The summed E-state index contributed by atoms with van der Waals surface area (Å²) in [7, 11) is -3.73. The summed E-state index contributed by atoms with van der Waals surface area (Å²) in [4.78, 5) is 11.5. The Morgan fingerprint density at radius 1 is 1.29 bits per heavy atom. The number of nitrogens with zero attached hydrogens (tertiary/aromatic N) is 2. The summed E-state index contributed by atoms with van der Waals surface area (Å²) in [5.41, 5.74) is 3.51. The van der Waals surface area contributed by atoms with Crippen LogP contribution in [0.3, 0.4) is 0 Å². The lowest BCUT2D eigenvalue weighted by atomic mass is 10.1. The molecule has 8 heteroatoms. The highest BCUT2D eigenvalue weighted by atomic mass is 32.2. The molecule has 1 unspecified atom stereocenters. The third-order valence-electron chi connectivity index (χ3n) is 3.56. The molecule has 7 nitrogen and oxygen atoms in total. The summed E-state index contributed by atoms with van der Waals surface area (Å²) in [6.45, 7) is 3.40. The van der Waals surface area contributed by atoms with E-state index in [0.29, 0.717) is 0 Å². The number of aliphatic hydroxyl groups is 1. The van der Waals surface area contributed by atoms with Crippen LogP contribution in [0.1, 0.15) is 12.6 Å². The molecule has 0 aliphatic rings. The summed E-state index contributed by atoms with van der Waals surface area (Å²) < 4.78 is 26.5. The molecule has 0 bridgehead atoms. The molecular weight excluding hydrogens is 328 g/mol. The zero-order valence-electron chi connectivity index (χ0n) is 13.3. The van der Waals surface area contributed by atoms with E-state index in [9.17, 15) is 13.5 Å². The number of hydrogen-bond acceptors (Lipinski definition) is 5. The molecule has 0 saturated heterocycles. The normalized spacial score (nSPS) is 13.3. The quantitative estimate of drug-likeness (QED) is 0.650. The molecule has 24 heavy (non-hydrogen) atoms. The van der Waals surface area contributed by atoms with Crippen molar-refractivity contribution >= 4 is 21.1 Å². The summed E-state index contributed by atoms with van der Waals surface area (Å²) in [6, 6.07) is 7.02. The molecule has 0 spiro atoms. The van der Waals surface area contributed by atoms with E-state index in [4.69, 9.17) is 0 Å². The first-order valence-electron chi connectivity index (χ1n) is 7.45. The summed E-state index contributed by atoms with van der Waals surface area (Å²) in [6.07, 6.45) is 2.46. The Bertz CT molecular complexity index is 963. The Morgan fingerprint density at radius 3 is 2.75 bits per heavy atom. The maximum atomic E-state index is 12.1. The second-order valence-electron chi connectivity index (χ2n) is 5.66. The Labute approximate surface area is 139 Å². The van der Waals surface area contributed by atoms with Crippen LogP contribution in [-0.2, 0) is 10.0 Å². The number of pyridine rings is 2. The summed E-state index contributed by atoms with van der Waals surface area (Å²) >= 11 is 0. The van der Waals surface area contributed by atoms with Crippen LogP contribution in [0, 0.1) is 6.92 Å². The predicted octanol–water partition coefficient (Wildman–Crippen LogP) is 1.59. The minimum absolute atomic E-state index is 0.0562. The average Bonchev–Trinajstić information content (AvgIpc) is 2.93. The molecule has 1 atom stereocenters. The number of aliphatic hydroxyl groups excluding tert-OH is 1. The van der Waals surface area contributed by atoms with Gasteiger partial charge in [-0.1, -0.05) is 0 Å². The van der Waals surface area contributed by atoms with Gasteiger partial charge in [-0.3, -0.25) is 0 Å². The van der Waals surface area contributed by atoms with E-state index >= 15 is 0 Å². The summed E-state index contributed by atoms with van der Waals surface area (Å²) in [5, 5.41) is 10.1. The maximum Gasteiger partial charge on any atom is 0.258 e. The standard InChI is InChI=1S/C16H18N4O3S/c1-10-7-14-13(5-6-17-16(14)20-10)12-3-4-15(18-9-12)24(22,23)19-8-11(2)21/h3-7,9,11,19,21H,8H2,1-2H3,(H,17,20). The van der Waals surface area contributed by atoms with Gasteiger partial charge in [0.25, 0.3) is 10.0 Å². The largest absolute Gasteiger partial charge is 0.392 e. The van der Waals surface area contributed by atoms with Crippen molar-refractivity contribution in [2.45, 2.75) is 25.0 Å². The third-order valence-corrected chi connectivity index (χ3v) is 4.90. The van der Waals surface area contributed by atoms with Gasteiger partial charge in [0.2, 0.25) is 0 Å². The van der Waals surface area contributed by atoms with Crippen LogP contribution in [0.4, 0.5) is 0 Å². The van der Waals surface area contributed by atoms with Crippen LogP contribution < -0.4 is 4.72 Å². The molecule has 3 N–H and O–H groups in total. The van der Waals surface area contributed by atoms with Crippen LogP contribution in [0.25, 0.3) is 22.2 Å². The van der Waals surface area contributed by atoms with E-state index in [0.717, 1.165) is 27.9 Å². The lowest BCUT2D eigenvalue weighted by Crippen LogP contribution is -2.31. The van der Waals surface area contributed by atoms with Crippen molar-refractivity contribution in [1.82, 2.24) is 19.7 Å². The van der Waals surface area contributed by atoms with Crippen LogP contribution in [0.2, 0.25) is 0 Å². The van der Waals surface area contributed by atoms with E-state index in [1.807, 2.05) is 19.1 Å². The highest BCUT2D eigenvalue weighted by molar-refractivity contribution is 7.89. The molecular formula is C16H18N4O3S. The molecule has 0 aliphatic heterocycles. The van der Waals surface area contributed by atoms with Crippen molar-refractivity contribution in [1.29, 1.82) is 0 Å². The number of aromatic nitrogens is 3. The molecule has 0 amide bonds. The number of rotatable bonds is 5. The maximum absolute atomic E-state index is 12.1. The van der Waals surface area contributed by atoms with Gasteiger partial charge in [0.15, 0.2) is 5.03 Å². The van der Waals surface area contributed by atoms with Gasteiger partial charge >= 0.3 is 0 Å². The van der Waals surface area contributed by atoms with E-state index in [2.05, 4.69) is 19.7 Å². The van der Waals surface area contributed by atoms with Gasteiger partial charge in [0.05, 0.1) is 6.10 Å². The number of H-pyrrole nitrogens is 1. The van der Waals surface area contributed by atoms with Crippen molar-refractivity contribution in [3.8, 4) is 11.1 Å². The molecule has 0 aromatic carbocycles. The zero-order chi connectivity index (χ0) is 17.3. The second-order valence-corrected chi connectivity index (χ2v) is 7.37. The minimum Gasteiger partial charge on any atom is -0.392 e. The monoisotopic (exact) mass is 346 g/mol. The van der Waals surface area contributed by atoms with E-state index in [1.165, 1.54) is 19.2 Å². The first kappa shape index (κ1) is 16.6. The number of nitrogens with one attached hydrogen (secondary N) is 2. The Hall–Kier alpha value is -2.29. The summed E-state index contributed by atoms with van der Waals surface area (Å²) in [5.74, 6) is 0. The van der Waals surface area contributed by atoms with Crippen molar-refractivity contribution in [3.63, 3.8) is 0 Å². The number of aromatic amines is 1. The molecule has 0 aliphatic carbocycles. The SMILES string of the molecule is Cc1cc2c(-c3ccc(S(=O)(=O)NCC(C)O)nc3)ccnc2[nH]1. The fourth-order valence-corrected chi connectivity index (χ4v) is 3.46. The van der Waals surface area contributed by atoms with Crippen LogP contribution in [0.5, 0.6) is 0 Å². The number of aryl methyl sites for hydroxylation is 1. The van der Waals surface area contributed by atoms with Crippen LogP contribution in [-0.4, -0.2) is 41.1 Å². The fourth-order valence-electron chi connectivity index (χ4n) is 2.41. The Kier molecular flexibility index (Phi) is 4.35. The highest BCUT2D eigenvalue weighted by Crippen LogP contribution is 2.27. The molecule has 0 radical (unpaired) electrons. The molecule has 3 aromatic rings. The van der Waals surface area contributed by atoms with Gasteiger partial charge < -0.3 is 10.1 Å². The minimum atomic E-state index is -3.73. The fraction of sp³-hybridized carbons (Fsp3) is 0.250. The molecule has 0 saturated carbocycles. The lowest BCUT2D eigenvalue weighted by molar-refractivity contribution is 0.198. The molecule has 0 fully saturated rings. The van der Waals surface area contributed by atoms with E-state index in [1.54, 1.807) is 12.3 Å². The first-order valence-corrected chi connectivity index (χ1v) is 8.93.